The minimum atomic E-state index is 0.133. The molecule has 12 nitrogen and oxygen atoms in total. The molecule has 1 fully saturated rings. The summed E-state index contributed by atoms with van der Waals surface area (Å²) in [4.78, 5) is 27.9. The highest BCUT2D eigenvalue weighted by Gasteiger charge is 2.28. The average Bonchev–Trinajstić information content (AvgIpc) is 3.71. The van der Waals surface area contributed by atoms with Crippen molar-refractivity contribution in [3.8, 4) is 33.8 Å². The summed E-state index contributed by atoms with van der Waals surface area (Å²) in [5.74, 6) is 0.649. The number of carbonyl (C=O) groups excluding carboxylic acids is 1. The van der Waals surface area contributed by atoms with Crippen LogP contribution in [0, 0.1) is 0 Å². The summed E-state index contributed by atoms with van der Waals surface area (Å²) in [6.45, 7) is 3.14. The molecule has 1 aliphatic heterocycles. The average molecular weight is 550 g/mol. The zero-order valence-electron chi connectivity index (χ0n) is 23.3. The number of pyridine rings is 1. The van der Waals surface area contributed by atoms with Crippen LogP contribution in [0.3, 0.4) is 0 Å². The van der Waals surface area contributed by atoms with Crippen molar-refractivity contribution in [2.24, 2.45) is 14.1 Å². The van der Waals surface area contributed by atoms with Gasteiger partial charge in [0, 0.05) is 75.6 Å². The fourth-order valence-corrected chi connectivity index (χ4v) is 5.89. The molecule has 1 amide bonds. The maximum absolute atomic E-state index is 11.7. The molecule has 1 N–H and O–H groups in total. The molecule has 0 unspecified atom stereocenters. The number of carbonyl (C=O) groups is 1. The quantitative estimate of drug-likeness (QED) is 0.353. The Morgan fingerprint density at radius 3 is 2.54 bits per heavy atom. The summed E-state index contributed by atoms with van der Waals surface area (Å²) < 4.78 is 5.68. The Labute approximate surface area is 237 Å². The van der Waals surface area contributed by atoms with E-state index in [1.165, 1.54) is 0 Å². The molecule has 0 radical (unpaired) electrons. The SMILES string of the molecule is CC(=O)N1CCC(n2cc(Nc3ncc4c(n3)-c3c(nn(C)c3-c3ccc(-c5cnn(C)c5)nc3)CC4)cn2)CC1. The number of hydrogen-bond acceptors (Lipinski definition) is 8. The molecule has 2 aliphatic rings. The Kier molecular flexibility index (Phi) is 6.10. The van der Waals surface area contributed by atoms with Gasteiger partial charge >= 0.3 is 0 Å². The number of nitrogens with one attached hydrogen (secondary N) is 1. The number of likely N-dealkylation sites (tertiary alicyclic amines) is 1. The Balaban J connectivity index is 1.15. The maximum Gasteiger partial charge on any atom is 0.227 e. The summed E-state index contributed by atoms with van der Waals surface area (Å²) in [7, 11) is 3.87. The first-order valence-corrected chi connectivity index (χ1v) is 13.9. The van der Waals surface area contributed by atoms with Gasteiger partial charge in [-0.1, -0.05) is 0 Å². The van der Waals surface area contributed by atoms with Crippen LogP contribution in [-0.2, 0) is 31.7 Å². The Morgan fingerprint density at radius 2 is 1.80 bits per heavy atom. The van der Waals surface area contributed by atoms with Gasteiger partial charge in [0.25, 0.3) is 0 Å². The van der Waals surface area contributed by atoms with Crippen molar-refractivity contribution in [2.45, 2.75) is 38.6 Å². The Morgan fingerprint density at radius 1 is 0.951 bits per heavy atom. The van der Waals surface area contributed by atoms with Crippen LogP contribution < -0.4 is 5.32 Å². The molecule has 5 aromatic heterocycles. The number of aryl methyl sites for hydroxylation is 4. The van der Waals surface area contributed by atoms with E-state index in [1.807, 2.05) is 65.4 Å². The third-order valence-electron chi connectivity index (χ3n) is 8.03. The molecule has 0 aromatic carbocycles. The minimum Gasteiger partial charge on any atom is -0.343 e. The van der Waals surface area contributed by atoms with E-state index < -0.39 is 0 Å². The van der Waals surface area contributed by atoms with E-state index in [-0.39, 0.29) is 11.9 Å². The van der Waals surface area contributed by atoms with Crippen molar-refractivity contribution in [3.05, 3.63) is 60.6 Å². The van der Waals surface area contributed by atoms with Crippen molar-refractivity contribution in [2.75, 3.05) is 18.4 Å². The number of nitrogens with zero attached hydrogens (tertiary/aromatic N) is 10. The normalized spacial score (nSPS) is 15.0. The number of rotatable bonds is 5. The van der Waals surface area contributed by atoms with Gasteiger partial charge in [-0.2, -0.15) is 15.3 Å². The summed E-state index contributed by atoms with van der Waals surface area (Å²) in [6, 6.07) is 4.37. The number of amides is 1. The van der Waals surface area contributed by atoms with Crippen LogP contribution in [0.4, 0.5) is 11.6 Å². The van der Waals surface area contributed by atoms with E-state index in [0.717, 1.165) is 89.5 Å². The van der Waals surface area contributed by atoms with E-state index in [4.69, 9.17) is 15.1 Å². The molecular weight excluding hydrogens is 518 g/mol. The predicted octanol–water partition coefficient (Wildman–Crippen LogP) is 3.56. The van der Waals surface area contributed by atoms with Crippen LogP contribution in [-0.4, -0.2) is 68.2 Å². The molecular formula is C29H31N11O. The topological polar surface area (TPSA) is 124 Å². The van der Waals surface area contributed by atoms with Crippen molar-refractivity contribution >= 4 is 17.5 Å². The second kappa shape index (κ2) is 9.95. The first kappa shape index (κ1) is 25.1. The minimum absolute atomic E-state index is 0.133. The fourth-order valence-electron chi connectivity index (χ4n) is 5.89. The van der Waals surface area contributed by atoms with Gasteiger partial charge in [-0.3, -0.25) is 23.8 Å². The Bertz CT molecular complexity index is 1740. The van der Waals surface area contributed by atoms with Gasteiger partial charge in [-0.15, -0.1) is 0 Å². The molecule has 5 aromatic rings. The van der Waals surface area contributed by atoms with Crippen molar-refractivity contribution in [1.82, 2.24) is 49.2 Å². The van der Waals surface area contributed by atoms with E-state index >= 15 is 0 Å². The molecule has 1 aliphatic carbocycles. The van der Waals surface area contributed by atoms with Gasteiger partial charge in [0.05, 0.1) is 46.9 Å². The van der Waals surface area contributed by atoms with E-state index in [2.05, 4.69) is 26.6 Å². The van der Waals surface area contributed by atoms with Crippen molar-refractivity contribution in [3.63, 3.8) is 0 Å². The molecule has 0 spiro atoms. The van der Waals surface area contributed by atoms with Crippen LogP contribution in [0.2, 0.25) is 0 Å². The van der Waals surface area contributed by atoms with E-state index in [1.54, 1.807) is 17.8 Å². The van der Waals surface area contributed by atoms with Gasteiger partial charge in [-0.05, 0) is 43.4 Å². The van der Waals surface area contributed by atoms with Crippen molar-refractivity contribution in [1.29, 1.82) is 0 Å². The lowest BCUT2D eigenvalue weighted by atomic mass is 9.92. The number of piperidine rings is 1. The monoisotopic (exact) mass is 549 g/mol. The lowest BCUT2D eigenvalue weighted by Gasteiger charge is -2.31. The van der Waals surface area contributed by atoms with E-state index in [9.17, 15) is 4.79 Å². The highest BCUT2D eigenvalue weighted by Crippen LogP contribution is 2.39. The number of hydrogen-bond donors (Lipinski definition) is 1. The molecule has 0 atom stereocenters. The molecule has 1 saturated heterocycles. The zero-order valence-corrected chi connectivity index (χ0v) is 23.3. The smallest absolute Gasteiger partial charge is 0.227 e. The molecule has 208 valence electrons. The van der Waals surface area contributed by atoms with Crippen LogP contribution in [0.15, 0.2) is 49.3 Å². The molecule has 6 heterocycles. The van der Waals surface area contributed by atoms with Gasteiger partial charge in [0.15, 0.2) is 0 Å². The van der Waals surface area contributed by atoms with Gasteiger partial charge < -0.3 is 10.2 Å². The second-order valence-electron chi connectivity index (χ2n) is 10.8. The third kappa shape index (κ3) is 4.64. The summed E-state index contributed by atoms with van der Waals surface area (Å²) in [6.07, 6.45) is 14.8. The largest absolute Gasteiger partial charge is 0.343 e. The van der Waals surface area contributed by atoms with E-state index in [0.29, 0.717) is 5.95 Å². The van der Waals surface area contributed by atoms with Crippen LogP contribution in [0.1, 0.15) is 37.1 Å². The summed E-state index contributed by atoms with van der Waals surface area (Å²) in [5.41, 5.74) is 8.70. The summed E-state index contributed by atoms with van der Waals surface area (Å²) in [5, 5.41) is 17.0. The standard InChI is InChI=1S/C29H31N11O/c1-18(41)39-10-8-23(9-11-39)40-17-22(15-33-40)34-29-31-12-19-4-7-25-26(27(19)35-29)28(38(3)36-25)20-5-6-24(30-13-20)21-14-32-37(2)16-21/h5-6,12-17,23H,4,7-11H2,1-3H3,(H,31,34,35). The van der Waals surface area contributed by atoms with Crippen molar-refractivity contribution < 1.29 is 4.79 Å². The third-order valence-corrected chi connectivity index (χ3v) is 8.03. The lowest BCUT2D eigenvalue weighted by molar-refractivity contribution is -0.130. The maximum atomic E-state index is 11.7. The number of aromatic nitrogens is 9. The zero-order chi connectivity index (χ0) is 28.1. The molecule has 7 rings (SSSR count). The first-order chi connectivity index (χ1) is 19.9. The molecule has 41 heavy (non-hydrogen) atoms. The van der Waals surface area contributed by atoms with Crippen LogP contribution in [0.5, 0.6) is 0 Å². The second-order valence-corrected chi connectivity index (χ2v) is 10.8. The van der Waals surface area contributed by atoms with Crippen LogP contribution in [0.25, 0.3) is 33.8 Å². The fraction of sp³-hybridized carbons (Fsp3) is 0.345. The van der Waals surface area contributed by atoms with Gasteiger partial charge in [0.1, 0.15) is 0 Å². The predicted molar refractivity (Wildman–Crippen MR) is 153 cm³/mol. The van der Waals surface area contributed by atoms with Gasteiger partial charge in [0.2, 0.25) is 11.9 Å². The highest BCUT2D eigenvalue weighted by molar-refractivity contribution is 5.84. The summed E-state index contributed by atoms with van der Waals surface area (Å²) >= 11 is 0. The molecule has 12 heteroatoms. The number of fused-ring (bicyclic) bond motifs is 3. The Hall–Kier alpha value is -4.87. The number of anilines is 2. The van der Waals surface area contributed by atoms with Gasteiger partial charge in [-0.25, -0.2) is 9.97 Å². The molecule has 0 saturated carbocycles. The van der Waals surface area contributed by atoms with Crippen LogP contribution >= 0.6 is 0 Å². The first-order valence-electron chi connectivity index (χ1n) is 13.9. The highest BCUT2D eigenvalue weighted by atomic mass is 16.2. The lowest BCUT2D eigenvalue weighted by Crippen LogP contribution is -2.37. The molecule has 0 bridgehead atoms.